The molecule has 0 unspecified atom stereocenters. The summed E-state index contributed by atoms with van der Waals surface area (Å²) < 4.78 is 48.8. The Bertz CT molecular complexity index is 848. The van der Waals surface area contributed by atoms with Gasteiger partial charge in [0.15, 0.2) is 12.4 Å². The molecule has 0 bridgehead atoms. The number of hydrogen-bond donors (Lipinski definition) is 1. The molecule has 0 amide bonds. The first-order valence-corrected chi connectivity index (χ1v) is 9.93. The molecule has 1 heterocycles. The molecule has 142 valence electrons. The van der Waals surface area contributed by atoms with Crippen molar-refractivity contribution in [3.63, 3.8) is 0 Å². The van der Waals surface area contributed by atoms with Gasteiger partial charge in [0.25, 0.3) is 0 Å². The van der Waals surface area contributed by atoms with Gasteiger partial charge in [-0.2, -0.15) is 0 Å². The van der Waals surface area contributed by atoms with Crippen LogP contribution in [0.2, 0.25) is 0 Å². The van der Waals surface area contributed by atoms with Gasteiger partial charge in [0, 0.05) is 5.56 Å². The zero-order valence-electron chi connectivity index (χ0n) is 14.7. The normalized spacial score (nSPS) is 14.0. The number of nitrogens with zero attached hydrogens (tertiary/aromatic N) is 1. The quantitative estimate of drug-likeness (QED) is 0.702. The Morgan fingerprint density at radius 2 is 2.00 bits per heavy atom. The van der Waals surface area contributed by atoms with E-state index in [2.05, 4.69) is 9.71 Å². The lowest BCUT2D eigenvalue weighted by Crippen LogP contribution is -2.45. The topological polar surface area (TPSA) is 98.5 Å². The first-order chi connectivity index (χ1) is 12.2. The number of hydrogen-bond acceptors (Lipinski definition) is 6. The number of ether oxygens (including phenoxy) is 1. The summed E-state index contributed by atoms with van der Waals surface area (Å²) in [5.74, 6) is -0.747. The summed E-state index contributed by atoms with van der Waals surface area (Å²) in [6, 6.07) is 4.69. The van der Waals surface area contributed by atoms with Crippen LogP contribution in [0, 0.1) is 11.7 Å². The molecule has 1 aromatic heterocycles. The molecule has 2 atom stereocenters. The van der Waals surface area contributed by atoms with E-state index in [-0.39, 0.29) is 24.2 Å². The summed E-state index contributed by atoms with van der Waals surface area (Å²) in [4.78, 5) is 16.3. The van der Waals surface area contributed by atoms with Crippen LogP contribution in [0.15, 0.2) is 34.9 Å². The van der Waals surface area contributed by atoms with Crippen LogP contribution in [-0.2, 0) is 26.2 Å². The summed E-state index contributed by atoms with van der Waals surface area (Å²) in [5.41, 5.74) is 0.632. The van der Waals surface area contributed by atoms with Crippen molar-refractivity contribution in [2.24, 2.45) is 5.92 Å². The molecule has 2 aromatic rings. The number of halogens is 1. The molecule has 1 aromatic carbocycles. The molecule has 9 heteroatoms. The molecule has 0 spiro atoms. The van der Waals surface area contributed by atoms with E-state index in [0.29, 0.717) is 17.7 Å². The lowest BCUT2D eigenvalue weighted by molar-refractivity contribution is -0.149. The molecule has 0 radical (unpaired) electrons. The van der Waals surface area contributed by atoms with E-state index in [0.717, 1.165) is 6.26 Å². The molecule has 0 aliphatic heterocycles. The zero-order valence-corrected chi connectivity index (χ0v) is 15.5. The van der Waals surface area contributed by atoms with Crippen LogP contribution in [0.25, 0.3) is 11.3 Å². The fourth-order valence-electron chi connectivity index (χ4n) is 2.21. The van der Waals surface area contributed by atoms with Gasteiger partial charge in [0.1, 0.15) is 11.9 Å². The second-order valence-corrected chi connectivity index (χ2v) is 7.77. The molecule has 0 saturated carbocycles. The van der Waals surface area contributed by atoms with Crippen molar-refractivity contribution in [1.82, 2.24) is 9.71 Å². The number of oxazole rings is 1. The smallest absolute Gasteiger partial charge is 0.324 e. The fraction of sp³-hybridized carbons (Fsp3) is 0.412. The van der Waals surface area contributed by atoms with E-state index in [4.69, 9.17) is 9.15 Å². The van der Waals surface area contributed by atoms with Gasteiger partial charge in [0.05, 0.1) is 12.5 Å². The number of rotatable bonds is 8. The van der Waals surface area contributed by atoms with Crippen LogP contribution in [0.1, 0.15) is 26.2 Å². The highest BCUT2D eigenvalue weighted by Gasteiger charge is 2.28. The first-order valence-electron chi connectivity index (χ1n) is 8.04. The number of carbonyl (C=O) groups excluding carboxylic acids is 1. The van der Waals surface area contributed by atoms with Gasteiger partial charge < -0.3 is 9.15 Å². The monoisotopic (exact) mass is 384 g/mol. The second-order valence-electron chi connectivity index (χ2n) is 5.99. The van der Waals surface area contributed by atoms with Crippen LogP contribution in [-0.4, -0.2) is 31.7 Å². The van der Waals surface area contributed by atoms with Gasteiger partial charge >= 0.3 is 5.97 Å². The minimum Gasteiger partial charge on any atom is -0.454 e. The molecule has 1 N–H and O–H groups in total. The van der Waals surface area contributed by atoms with Crippen molar-refractivity contribution >= 4 is 16.0 Å². The maximum atomic E-state index is 13.0. The Hall–Kier alpha value is -2.26. The summed E-state index contributed by atoms with van der Waals surface area (Å²) in [7, 11) is -3.56. The standard InChI is InChI=1S/C17H21FN2O5S/c1-4-11(2)16(20-26(3,22)23)17(21)24-10-15-19-9-14(25-15)12-5-7-13(18)8-6-12/h5-9,11,16,20H,4,10H2,1-3H3/t11-,16+/m0/s1. The van der Waals surface area contributed by atoms with E-state index in [9.17, 15) is 17.6 Å². The van der Waals surface area contributed by atoms with Crippen molar-refractivity contribution in [3.05, 3.63) is 42.2 Å². The number of esters is 1. The lowest BCUT2D eigenvalue weighted by Gasteiger charge is -2.21. The third-order valence-corrected chi connectivity index (χ3v) is 4.51. The maximum Gasteiger partial charge on any atom is 0.324 e. The van der Waals surface area contributed by atoms with Crippen molar-refractivity contribution in [2.75, 3.05) is 6.26 Å². The molecule has 0 fully saturated rings. The molecule has 0 saturated heterocycles. The van der Waals surface area contributed by atoms with Crippen molar-refractivity contribution < 1.29 is 26.8 Å². The van der Waals surface area contributed by atoms with Gasteiger partial charge in [-0.15, -0.1) is 0 Å². The summed E-state index contributed by atoms with van der Waals surface area (Å²) in [6.45, 7) is 3.36. The Labute approximate surface area is 151 Å². The molecule has 7 nitrogen and oxygen atoms in total. The summed E-state index contributed by atoms with van der Waals surface area (Å²) in [5, 5.41) is 0. The van der Waals surface area contributed by atoms with Gasteiger partial charge in [-0.1, -0.05) is 20.3 Å². The number of aromatic nitrogens is 1. The van der Waals surface area contributed by atoms with Gasteiger partial charge in [-0.3, -0.25) is 4.79 Å². The van der Waals surface area contributed by atoms with Crippen LogP contribution in [0.5, 0.6) is 0 Å². The van der Waals surface area contributed by atoms with Crippen LogP contribution in [0.4, 0.5) is 4.39 Å². The minimum atomic E-state index is -3.56. The third-order valence-electron chi connectivity index (χ3n) is 3.83. The number of benzene rings is 1. The van der Waals surface area contributed by atoms with Gasteiger partial charge in [-0.25, -0.2) is 22.5 Å². The second kappa shape index (κ2) is 8.41. The minimum absolute atomic E-state index is 0.153. The van der Waals surface area contributed by atoms with E-state index in [1.54, 1.807) is 19.1 Å². The maximum absolute atomic E-state index is 13.0. The zero-order chi connectivity index (χ0) is 19.3. The Kier molecular flexibility index (Phi) is 6.49. The highest BCUT2D eigenvalue weighted by Crippen LogP contribution is 2.21. The molecular formula is C17H21FN2O5S. The molecule has 2 rings (SSSR count). The van der Waals surface area contributed by atoms with Gasteiger partial charge in [0.2, 0.25) is 15.9 Å². The average Bonchev–Trinajstić information content (AvgIpc) is 3.05. The summed E-state index contributed by atoms with van der Waals surface area (Å²) in [6.07, 6.45) is 3.02. The first kappa shape index (κ1) is 20.1. The Morgan fingerprint density at radius 1 is 1.35 bits per heavy atom. The molecule has 0 aliphatic rings. The number of carbonyl (C=O) groups is 1. The molecular weight excluding hydrogens is 363 g/mol. The number of sulfonamides is 1. The average molecular weight is 384 g/mol. The van der Waals surface area contributed by atoms with E-state index in [1.165, 1.54) is 18.3 Å². The van der Waals surface area contributed by atoms with Crippen molar-refractivity contribution in [2.45, 2.75) is 32.9 Å². The van der Waals surface area contributed by atoms with Crippen LogP contribution in [0.3, 0.4) is 0 Å². The number of nitrogens with one attached hydrogen (secondary N) is 1. The third kappa shape index (κ3) is 5.63. The van der Waals surface area contributed by atoms with E-state index < -0.39 is 22.0 Å². The predicted octanol–water partition coefficient (Wildman–Crippen LogP) is 2.49. The van der Waals surface area contributed by atoms with E-state index in [1.807, 2.05) is 6.92 Å². The Balaban J connectivity index is 2.02. The van der Waals surface area contributed by atoms with Crippen molar-refractivity contribution in [1.29, 1.82) is 0 Å². The SMILES string of the molecule is CC[C@H](C)[C@@H](NS(C)(=O)=O)C(=O)OCc1ncc(-c2ccc(F)cc2)o1. The highest BCUT2D eigenvalue weighted by atomic mass is 32.2. The van der Waals surface area contributed by atoms with Crippen LogP contribution < -0.4 is 4.72 Å². The fourth-order valence-corrected chi connectivity index (χ4v) is 3.00. The van der Waals surface area contributed by atoms with Crippen molar-refractivity contribution in [3.8, 4) is 11.3 Å². The van der Waals surface area contributed by atoms with E-state index >= 15 is 0 Å². The lowest BCUT2D eigenvalue weighted by atomic mass is 10.0. The predicted molar refractivity (Wildman–Crippen MR) is 92.9 cm³/mol. The van der Waals surface area contributed by atoms with Crippen LogP contribution >= 0.6 is 0 Å². The molecule has 26 heavy (non-hydrogen) atoms. The van der Waals surface area contributed by atoms with Gasteiger partial charge in [-0.05, 0) is 30.2 Å². The Morgan fingerprint density at radius 3 is 2.58 bits per heavy atom. The summed E-state index contributed by atoms with van der Waals surface area (Å²) >= 11 is 0. The molecule has 0 aliphatic carbocycles. The largest absolute Gasteiger partial charge is 0.454 e. The highest BCUT2D eigenvalue weighted by molar-refractivity contribution is 7.88.